The molecule has 4 saturated carbocycles. The van der Waals surface area contributed by atoms with E-state index in [2.05, 4.69) is 15.7 Å². The quantitative estimate of drug-likeness (QED) is 0.503. The van der Waals surface area contributed by atoms with E-state index in [1.165, 1.54) is 6.42 Å². The Balaban J connectivity index is 1.54. The molecule has 1 amide bonds. The fourth-order valence-corrected chi connectivity index (χ4v) is 5.99. The Kier molecular flexibility index (Phi) is 3.07. The summed E-state index contributed by atoms with van der Waals surface area (Å²) in [6.45, 7) is 0. The van der Waals surface area contributed by atoms with Crippen LogP contribution in [0.5, 0.6) is 0 Å². The number of nitrogens with one attached hydrogen (secondary N) is 1. The molecule has 25 heavy (non-hydrogen) atoms. The number of tetrazole rings is 1. The highest BCUT2D eigenvalue weighted by molar-refractivity contribution is 5.82. The first-order valence-corrected chi connectivity index (χ1v) is 9.00. The molecule has 2 unspecified atom stereocenters. The number of rotatable bonds is 3. The minimum atomic E-state index is -0.362. The summed E-state index contributed by atoms with van der Waals surface area (Å²) in [7, 11) is 0. The lowest BCUT2D eigenvalue weighted by Crippen LogP contribution is -2.62. The zero-order valence-corrected chi connectivity index (χ0v) is 14.1. The first kappa shape index (κ1) is 15.0. The second kappa shape index (κ2) is 5.11. The van der Waals surface area contributed by atoms with Gasteiger partial charge >= 0.3 is 0 Å². The van der Waals surface area contributed by atoms with E-state index in [4.69, 9.17) is 10.9 Å². The molecule has 0 saturated heterocycles. The van der Waals surface area contributed by atoms with Crippen LogP contribution in [0, 0.1) is 17.3 Å². The number of carbonyl (C=O) groups is 1. The summed E-state index contributed by atoms with van der Waals surface area (Å²) in [5.74, 6) is 7.23. The molecular formula is C18H22N6O. The van der Waals surface area contributed by atoms with Crippen LogP contribution in [0.15, 0.2) is 30.3 Å². The minimum Gasteiger partial charge on any atom is -0.294 e. The van der Waals surface area contributed by atoms with Gasteiger partial charge in [-0.05, 0) is 55.6 Å². The molecule has 3 N–H and O–H groups in total. The number of benzene rings is 1. The van der Waals surface area contributed by atoms with E-state index in [0.29, 0.717) is 17.7 Å². The highest BCUT2D eigenvalue weighted by Crippen LogP contribution is 2.63. The van der Waals surface area contributed by atoms with Crippen LogP contribution in [0.4, 0.5) is 0 Å². The first-order valence-electron chi connectivity index (χ1n) is 9.00. The van der Waals surface area contributed by atoms with Crippen molar-refractivity contribution < 1.29 is 4.79 Å². The van der Waals surface area contributed by atoms with Crippen molar-refractivity contribution in [2.24, 2.45) is 23.1 Å². The molecule has 2 aromatic rings. The van der Waals surface area contributed by atoms with Crippen LogP contribution in [-0.4, -0.2) is 26.1 Å². The third-order valence-electron chi connectivity index (χ3n) is 6.51. The van der Waals surface area contributed by atoms with Crippen LogP contribution in [-0.2, 0) is 10.3 Å². The molecule has 0 spiro atoms. The Morgan fingerprint density at radius 2 is 1.88 bits per heavy atom. The fraction of sp³-hybridized carbons (Fsp3) is 0.556. The molecule has 6 rings (SSSR count). The summed E-state index contributed by atoms with van der Waals surface area (Å²) in [4.78, 5) is 14.4. The van der Waals surface area contributed by atoms with Crippen LogP contribution < -0.4 is 11.3 Å². The maximum Gasteiger partial charge on any atom is 0.240 e. The zero-order valence-electron chi connectivity index (χ0n) is 14.1. The van der Waals surface area contributed by atoms with E-state index >= 15 is 0 Å². The van der Waals surface area contributed by atoms with Crippen LogP contribution in [0.1, 0.15) is 38.5 Å². The third-order valence-corrected chi connectivity index (χ3v) is 6.51. The molecule has 130 valence electrons. The summed E-state index contributed by atoms with van der Waals surface area (Å²) < 4.78 is 0. The Bertz CT molecular complexity index is 802. The molecule has 4 aliphatic carbocycles. The van der Waals surface area contributed by atoms with E-state index in [-0.39, 0.29) is 16.9 Å². The number of nitrogens with two attached hydrogens (primary N) is 1. The molecule has 1 aromatic heterocycles. The first-order chi connectivity index (χ1) is 12.1. The molecule has 1 aromatic carbocycles. The van der Waals surface area contributed by atoms with Gasteiger partial charge in [-0.15, -0.1) is 10.2 Å². The second-order valence-corrected chi connectivity index (χ2v) is 8.21. The average Bonchev–Trinajstić information content (AvgIpc) is 3.12. The lowest BCUT2D eigenvalue weighted by atomic mass is 9.46. The predicted octanol–water partition coefficient (Wildman–Crippen LogP) is 1.63. The molecular weight excluding hydrogens is 316 g/mol. The number of hydrogen-bond donors (Lipinski definition) is 2. The Hall–Kier alpha value is -2.28. The fourth-order valence-electron chi connectivity index (χ4n) is 5.99. The highest BCUT2D eigenvalue weighted by atomic mass is 16.2. The van der Waals surface area contributed by atoms with Crippen molar-refractivity contribution in [1.29, 1.82) is 0 Å². The Morgan fingerprint density at radius 3 is 2.56 bits per heavy atom. The van der Waals surface area contributed by atoms with Crippen LogP contribution in [0.2, 0.25) is 0 Å². The minimum absolute atomic E-state index is 0.0191. The standard InChI is InChI=1S/C18H22N6O/c19-20-16(25)17-7-12-6-13(8-17)10-18(9-12,11-17)24-22-15(21-23-24)14-4-2-1-3-5-14/h1-5,12-13H,6-11,19H2,(H,20,25). The largest absolute Gasteiger partial charge is 0.294 e. The van der Waals surface area contributed by atoms with Gasteiger partial charge in [-0.1, -0.05) is 30.3 Å². The summed E-state index contributed by atoms with van der Waals surface area (Å²) in [6.07, 6.45) is 5.92. The van der Waals surface area contributed by atoms with Crippen LogP contribution >= 0.6 is 0 Å². The maximum atomic E-state index is 12.6. The van der Waals surface area contributed by atoms with Crippen molar-refractivity contribution >= 4 is 5.91 Å². The number of nitrogens with zero attached hydrogens (tertiary/aromatic N) is 4. The number of amides is 1. The van der Waals surface area contributed by atoms with Gasteiger partial charge in [0.2, 0.25) is 11.7 Å². The van der Waals surface area contributed by atoms with E-state index in [9.17, 15) is 4.79 Å². The van der Waals surface area contributed by atoms with Gasteiger partial charge in [0, 0.05) is 5.56 Å². The lowest BCUT2D eigenvalue weighted by Gasteiger charge is -2.60. The number of carbonyl (C=O) groups excluding carboxylic acids is 1. The summed E-state index contributed by atoms with van der Waals surface area (Å²) in [6, 6.07) is 9.90. The van der Waals surface area contributed by atoms with Crippen molar-refractivity contribution in [3.8, 4) is 11.4 Å². The Morgan fingerprint density at radius 1 is 1.16 bits per heavy atom. The number of hydrazine groups is 1. The van der Waals surface area contributed by atoms with E-state index in [1.54, 1.807) is 0 Å². The van der Waals surface area contributed by atoms with Gasteiger partial charge < -0.3 is 0 Å². The normalized spacial score (nSPS) is 35.7. The zero-order chi connectivity index (χ0) is 17.1. The van der Waals surface area contributed by atoms with Crippen LogP contribution in [0.3, 0.4) is 0 Å². The summed E-state index contributed by atoms with van der Waals surface area (Å²) >= 11 is 0. The van der Waals surface area contributed by atoms with Crippen molar-refractivity contribution in [3.63, 3.8) is 0 Å². The van der Waals surface area contributed by atoms with Gasteiger partial charge in [-0.25, -0.2) is 5.84 Å². The predicted molar refractivity (Wildman–Crippen MR) is 90.7 cm³/mol. The highest BCUT2D eigenvalue weighted by Gasteiger charge is 2.62. The van der Waals surface area contributed by atoms with E-state index in [1.807, 2.05) is 35.1 Å². The average molecular weight is 338 g/mol. The van der Waals surface area contributed by atoms with Crippen molar-refractivity contribution in [1.82, 2.24) is 25.6 Å². The van der Waals surface area contributed by atoms with Crippen molar-refractivity contribution in [2.75, 3.05) is 0 Å². The molecule has 4 aliphatic rings. The van der Waals surface area contributed by atoms with Gasteiger partial charge in [-0.2, -0.15) is 4.80 Å². The molecule has 0 aliphatic heterocycles. The van der Waals surface area contributed by atoms with Gasteiger partial charge in [-0.3, -0.25) is 10.2 Å². The second-order valence-electron chi connectivity index (χ2n) is 8.21. The lowest BCUT2D eigenvalue weighted by molar-refractivity contribution is -0.157. The molecule has 0 radical (unpaired) electrons. The van der Waals surface area contributed by atoms with Crippen molar-refractivity contribution in [3.05, 3.63) is 30.3 Å². The molecule has 1 heterocycles. The van der Waals surface area contributed by atoms with Crippen LogP contribution in [0.25, 0.3) is 11.4 Å². The third kappa shape index (κ3) is 2.15. The van der Waals surface area contributed by atoms with Gasteiger partial charge in [0.1, 0.15) is 0 Å². The van der Waals surface area contributed by atoms with Gasteiger partial charge in [0.25, 0.3) is 0 Å². The molecule has 7 nitrogen and oxygen atoms in total. The van der Waals surface area contributed by atoms with Crippen molar-refractivity contribution in [2.45, 2.75) is 44.1 Å². The topological polar surface area (TPSA) is 98.7 Å². The monoisotopic (exact) mass is 338 g/mol. The molecule has 4 fully saturated rings. The van der Waals surface area contributed by atoms with Gasteiger partial charge in [0.15, 0.2) is 0 Å². The summed E-state index contributed by atoms with van der Waals surface area (Å²) in [5.41, 5.74) is 2.82. The van der Waals surface area contributed by atoms with E-state index in [0.717, 1.165) is 37.7 Å². The molecule has 2 atom stereocenters. The SMILES string of the molecule is NNC(=O)C12CC3CC(C1)CC(n1nnc(-c4ccccc4)n1)(C3)C2. The number of aromatic nitrogens is 4. The summed E-state index contributed by atoms with van der Waals surface area (Å²) in [5, 5.41) is 13.4. The molecule has 7 heteroatoms. The smallest absolute Gasteiger partial charge is 0.240 e. The van der Waals surface area contributed by atoms with Gasteiger partial charge in [0.05, 0.1) is 11.0 Å². The van der Waals surface area contributed by atoms with E-state index < -0.39 is 0 Å². The number of hydrogen-bond acceptors (Lipinski definition) is 5. The molecule has 4 bridgehead atoms. The maximum absolute atomic E-state index is 12.6. The Labute approximate surface area is 145 Å².